The van der Waals surface area contributed by atoms with Crippen LogP contribution in [0.4, 0.5) is 5.82 Å². The van der Waals surface area contributed by atoms with E-state index in [0.717, 1.165) is 59.6 Å². The van der Waals surface area contributed by atoms with Crippen LogP contribution in [-0.2, 0) is 7.05 Å². The van der Waals surface area contributed by atoms with Gasteiger partial charge in [-0.05, 0) is 54.7 Å². The van der Waals surface area contributed by atoms with Crippen molar-refractivity contribution < 1.29 is 0 Å². The Balaban J connectivity index is 1.87. The number of aryl methyl sites for hydroxylation is 1. The van der Waals surface area contributed by atoms with Crippen molar-refractivity contribution in [3.05, 3.63) is 70.8 Å². The van der Waals surface area contributed by atoms with Crippen LogP contribution >= 0.6 is 0 Å². The first-order chi connectivity index (χ1) is 15.0. The van der Waals surface area contributed by atoms with Gasteiger partial charge >= 0.3 is 0 Å². The fourth-order valence-electron chi connectivity index (χ4n) is 4.52. The molecule has 3 heterocycles. The SMILES string of the molecule is Cc1cccc(-c2c(-c3ccncc3)cc(N3CCC[C@@H]3CNC(C)C)n(C)c2=O)c1. The molecule has 5 heteroatoms. The second-order valence-electron chi connectivity index (χ2n) is 8.81. The second-order valence-corrected chi connectivity index (χ2v) is 8.81. The predicted molar refractivity (Wildman–Crippen MR) is 129 cm³/mol. The van der Waals surface area contributed by atoms with E-state index in [1.165, 1.54) is 0 Å². The number of anilines is 1. The monoisotopic (exact) mass is 416 g/mol. The summed E-state index contributed by atoms with van der Waals surface area (Å²) in [5.74, 6) is 0.987. The molecule has 3 aromatic rings. The molecule has 31 heavy (non-hydrogen) atoms. The fraction of sp³-hybridized carbons (Fsp3) is 0.385. The van der Waals surface area contributed by atoms with Crippen LogP contribution < -0.4 is 15.8 Å². The average molecular weight is 417 g/mol. The molecule has 4 rings (SSSR count). The molecule has 2 aromatic heterocycles. The minimum Gasteiger partial charge on any atom is -0.354 e. The molecule has 1 atom stereocenters. The van der Waals surface area contributed by atoms with Gasteiger partial charge in [0.15, 0.2) is 0 Å². The van der Waals surface area contributed by atoms with E-state index in [-0.39, 0.29) is 5.56 Å². The van der Waals surface area contributed by atoms with E-state index in [4.69, 9.17) is 0 Å². The third-order valence-corrected chi connectivity index (χ3v) is 6.14. The van der Waals surface area contributed by atoms with Crippen molar-refractivity contribution in [3.63, 3.8) is 0 Å². The van der Waals surface area contributed by atoms with Gasteiger partial charge < -0.3 is 10.2 Å². The molecule has 0 unspecified atom stereocenters. The minimum absolute atomic E-state index is 0.0392. The molecule has 1 aromatic carbocycles. The summed E-state index contributed by atoms with van der Waals surface area (Å²) in [6.45, 7) is 8.30. The topological polar surface area (TPSA) is 50.2 Å². The zero-order valence-electron chi connectivity index (χ0n) is 18.9. The lowest BCUT2D eigenvalue weighted by Crippen LogP contribution is -2.42. The van der Waals surface area contributed by atoms with E-state index >= 15 is 0 Å². The summed E-state index contributed by atoms with van der Waals surface area (Å²) in [5.41, 5.74) is 4.87. The first-order valence-electron chi connectivity index (χ1n) is 11.2. The van der Waals surface area contributed by atoms with Crippen molar-refractivity contribution in [1.82, 2.24) is 14.9 Å². The maximum Gasteiger partial charge on any atom is 0.260 e. The molecule has 0 spiro atoms. The molecule has 5 nitrogen and oxygen atoms in total. The molecule has 0 aliphatic carbocycles. The van der Waals surface area contributed by atoms with E-state index < -0.39 is 0 Å². The molecule has 0 radical (unpaired) electrons. The summed E-state index contributed by atoms with van der Waals surface area (Å²) < 4.78 is 1.83. The maximum atomic E-state index is 13.7. The zero-order valence-corrected chi connectivity index (χ0v) is 18.9. The molecule has 1 fully saturated rings. The maximum absolute atomic E-state index is 13.7. The molecular formula is C26H32N4O. The zero-order chi connectivity index (χ0) is 22.0. The smallest absolute Gasteiger partial charge is 0.260 e. The van der Waals surface area contributed by atoms with Crippen LogP contribution in [0.25, 0.3) is 22.3 Å². The summed E-state index contributed by atoms with van der Waals surface area (Å²) in [7, 11) is 1.90. The number of aromatic nitrogens is 2. The summed E-state index contributed by atoms with van der Waals surface area (Å²) in [5, 5.41) is 3.57. The predicted octanol–water partition coefficient (Wildman–Crippen LogP) is 4.39. The standard InChI is InChI=1S/C26H32N4O/c1-18(2)28-17-22-9-6-14-30(22)24-16-23(20-10-12-27-13-11-20)25(26(31)29(24)4)21-8-5-7-19(3)15-21/h5,7-8,10-13,15-16,18,22,28H,6,9,14,17H2,1-4H3/t22-/m1/s1. The van der Waals surface area contributed by atoms with E-state index in [0.29, 0.717) is 12.1 Å². The Labute approximate surface area is 184 Å². The normalized spacial score (nSPS) is 16.3. The van der Waals surface area contributed by atoms with Crippen molar-refractivity contribution in [1.29, 1.82) is 0 Å². The van der Waals surface area contributed by atoms with Crippen LogP contribution in [-0.4, -0.2) is 34.7 Å². The number of nitrogens with zero attached hydrogens (tertiary/aromatic N) is 3. The van der Waals surface area contributed by atoms with Crippen LogP contribution in [0.5, 0.6) is 0 Å². The molecule has 1 aliphatic rings. The van der Waals surface area contributed by atoms with Gasteiger partial charge in [-0.3, -0.25) is 14.3 Å². The van der Waals surface area contributed by atoms with Gasteiger partial charge in [-0.1, -0.05) is 43.7 Å². The Morgan fingerprint density at radius 1 is 1.13 bits per heavy atom. The quantitative estimate of drug-likeness (QED) is 0.648. The highest BCUT2D eigenvalue weighted by Crippen LogP contribution is 2.34. The highest BCUT2D eigenvalue weighted by Gasteiger charge is 2.28. The summed E-state index contributed by atoms with van der Waals surface area (Å²) in [6, 6.07) is 15.2. The van der Waals surface area contributed by atoms with Crippen molar-refractivity contribution in [2.24, 2.45) is 7.05 Å². The van der Waals surface area contributed by atoms with Gasteiger partial charge in [0.25, 0.3) is 5.56 Å². The van der Waals surface area contributed by atoms with Crippen molar-refractivity contribution in [2.45, 2.75) is 45.7 Å². The Bertz CT molecular complexity index is 1100. The number of hydrogen-bond acceptors (Lipinski definition) is 4. The molecule has 0 amide bonds. The molecule has 0 saturated carbocycles. The average Bonchev–Trinajstić information content (AvgIpc) is 3.23. The summed E-state index contributed by atoms with van der Waals surface area (Å²) in [4.78, 5) is 20.3. The van der Waals surface area contributed by atoms with Gasteiger partial charge in [0.1, 0.15) is 5.82 Å². The Kier molecular flexibility index (Phi) is 6.23. The molecule has 162 valence electrons. The number of hydrogen-bond donors (Lipinski definition) is 1. The Morgan fingerprint density at radius 2 is 1.90 bits per heavy atom. The van der Waals surface area contributed by atoms with Crippen LogP contribution in [0.3, 0.4) is 0 Å². The van der Waals surface area contributed by atoms with Crippen molar-refractivity contribution in [2.75, 3.05) is 18.0 Å². The molecule has 1 aliphatic heterocycles. The van der Waals surface area contributed by atoms with Gasteiger partial charge in [0.05, 0.1) is 5.56 Å². The largest absolute Gasteiger partial charge is 0.354 e. The Hall–Kier alpha value is -2.92. The van der Waals surface area contributed by atoms with E-state index in [9.17, 15) is 4.79 Å². The van der Waals surface area contributed by atoms with Crippen LogP contribution in [0.15, 0.2) is 59.7 Å². The van der Waals surface area contributed by atoms with Crippen molar-refractivity contribution >= 4 is 5.82 Å². The first kappa shape index (κ1) is 21.3. The van der Waals surface area contributed by atoms with Gasteiger partial charge in [0.2, 0.25) is 0 Å². The molecular weight excluding hydrogens is 384 g/mol. The van der Waals surface area contributed by atoms with Crippen LogP contribution in [0.2, 0.25) is 0 Å². The van der Waals surface area contributed by atoms with E-state index in [2.05, 4.69) is 54.2 Å². The fourth-order valence-corrected chi connectivity index (χ4v) is 4.52. The third kappa shape index (κ3) is 4.42. The van der Waals surface area contributed by atoms with Crippen LogP contribution in [0, 0.1) is 6.92 Å². The second kappa shape index (κ2) is 9.06. The lowest BCUT2D eigenvalue weighted by atomic mass is 9.95. The van der Waals surface area contributed by atoms with Gasteiger partial charge in [-0.2, -0.15) is 0 Å². The first-order valence-corrected chi connectivity index (χ1v) is 11.2. The van der Waals surface area contributed by atoms with Gasteiger partial charge in [-0.15, -0.1) is 0 Å². The number of rotatable bonds is 6. The highest BCUT2D eigenvalue weighted by atomic mass is 16.1. The lowest BCUT2D eigenvalue weighted by Gasteiger charge is -2.30. The van der Waals surface area contributed by atoms with Gasteiger partial charge in [-0.25, -0.2) is 0 Å². The van der Waals surface area contributed by atoms with Crippen molar-refractivity contribution in [3.8, 4) is 22.3 Å². The number of pyridine rings is 2. The lowest BCUT2D eigenvalue weighted by molar-refractivity contribution is 0.519. The Morgan fingerprint density at radius 3 is 2.61 bits per heavy atom. The molecule has 0 bridgehead atoms. The third-order valence-electron chi connectivity index (χ3n) is 6.14. The highest BCUT2D eigenvalue weighted by molar-refractivity contribution is 5.84. The van der Waals surface area contributed by atoms with Gasteiger partial charge in [0, 0.05) is 44.6 Å². The number of nitrogens with one attached hydrogen (secondary N) is 1. The number of benzene rings is 1. The van der Waals surface area contributed by atoms with E-state index in [1.54, 1.807) is 12.4 Å². The molecule has 1 N–H and O–H groups in total. The molecule has 1 saturated heterocycles. The van der Waals surface area contributed by atoms with E-state index in [1.807, 2.05) is 35.9 Å². The summed E-state index contributed by atoms with van der Waals surface area (Å²) in [6.07, 6.45) is 5.86. The minimum atomic E-state index is 0.0392. The van der Waals surface area contributed by atoms with Crippen LogP contribution in [0.1, 0.15) is 32.3 Å². The summed E-state index contributed by atoms with van der Waals surface area (Å²) >= 11 is 0.